The van der Waals surface area contributed by atoms with Gasteiger partial charge in [-0.15, -0.1) is 0 Å². The van der Waals surface area contributed by atoms with Crippen LogP contribution in [0.15, 0.2) is 55.0 Å². The van der Waals surface area contributed by atoms with Gasteiger partial charge in [-0.1, -0.05) is 25.1 Å². The van der Waals surface area contributed by atoms with Crippen LogP contribution in [0.2, 0.25) is 0 Å². The summed E-state index contributed by atoms with van der Waals surface area (Å²) in [5.74, 6) is 1.56. The van der Waals surface area contributed by atoms with E-state index in [1.807, 2.05) is 42.5 Å². The minimum atomic E-state index is 0.0834. The second-order valence-electron chi connectivity index (χ2n) is 7.86. The number of carbonyl (C=O) groups excluding carboxylic acids is 1. The third kappa shape index (κ3) is 4.65. The summed E-state index contributed by atoms with van der Waals surface area (Å²) in [7, 11) is 1.92. The van der Waals surface area contributed by atoms with Crippen LogP contribution in [0.3, 0.4) is 0 Å². The molecule has 29 heavy (non-hydrogen) atoms. The molecule has 1 aromatic carbocycles. The lowest BCUT2D eigenvalue weighted by molar-refractivity contribution is 0.0697. The zero-order valence-electron chi connectivity index (χ0n) is 17.0. The number of carbonyl (C=O) groups is 1. The Morgan fingerprint density at radius 1 is 1.14 bits per heavy atom. The van der Waals surface area contributed by atoms with Gasteiger partial charge in [-0.2, -0.15) is 5.10 Å². The predicted molar refractivity (Wildman–Crippen MR) is 115 cm³/mol. The van der Waals surface area contributed by atoms with Gasteiger partial charge in [-0.3, -0.25) is 9.48 Å². The molecule has 4 rings (SSSR count). The number of benzene rings is 1. The van der Waals surface area contributed by atoms with E-state index in [9.17, 15) is 4.79 Å². The number of amides is 1. The van der Waals surface area contributed by atoms with Crippen molar-refractivity contribution in [1.82, 2.24) is 19.7 Å². The zero-order valence-corrected chi connectivity index (χ0v) is 17.0. The molecule has 0 atom stereocenters. The zero-order chi connectivity index (χ0) is 20.2. The number of rotatable bonds is 5. The molecule has 3 aromatic rings. The molecule has 1 saturated heterocycles. The van der Waals surface area contributed by atoms with E-state index in [0.29, 0.717) is 18.0 Å². The second-order valence-corrected chi connectivity index (χ2v) is 7.86. The van der Waals surface area contributed by atoms with Crippen molar-refractivity contribution in [1.29, 1.82) is 0 Å². The monoisotopic (exact) mass is 389 g/mol. The molecule has 2 aromatic heterocycles. The highest BCUT2D eigenvalue weighted by Crippen LogP contribution is 2.21. The maximum Gasteiger partial charge on any atom is 0.255 e. The summed E-state index contributed by atoms with van der Waals surface area (Å²) in [5, 5.41) is 7.58. The molecular weight excluding hydrogens is 362 g/mol. The Kier molecular flexibility index (Phi) is 5.60. The normalized spacial score (nSPS) is 14.8. The maximum atomic E-state index is 12.6. The molecule has 0 unspecified atom stereocenters. The minimum Gasteiger partial charge on any atom is -0.366 e. The van der Waals surface area contributed by atoms with Gasteiger partial charge in [0.05, 0.1) is 11.8 Å². The van der Waals surface area contributed by atoms with E-state index in [4.69, 9.17) is 0 Å². The van der Waals surface area contributed by atoms with Crippen LogP contribution in [0.25, 0.3) is 11.1 Å². The fourth-order valence-electron chi connectivity index (χ4n) is 3.64. The topological polar surface area (TPSA) is 63.1 Å². The highest BCUT2D eigenvalue weighted by molar-refractivity contribution is 5.94. The molecule has 0 saturated carbocycles. The molecule has 6 heteroatoms. The SMILES string of the molecule is CC1CCN(C(=O)c2ccc(NCc3cccc(-c4cnn(C)c4)c3)nc2)CC1. The Labute approximate surface area is 171 Å². The van der Waals surface area contributed by atoms with Gasteiger partial charge in [0.2, 0.25) is 0 Å². The number of likely N-dealkylation sites (tertiary alicyclic amines) is 1. The number of nitrogens with zero attached hydrogens (tertiary/aromatic N) is 4. The lowest BCUT2D eigenvalue weighted by Crippen LogP contribution is -2.37. The highest BCUT2D eigenvalue weighted by Gasteiger charge is 2.21. The van der Waals surface area contributed by atoms with Gasteiger partial charge < -0.3 is 10.2 Å². The first-order valence-electron chi connectivity index (χ1n) is 10.2. The molecule has 0 spiro atoms. The molecule has 6 nitrogen and oxygen atoms in total. The smallest absolute Gasteiger partial charge is 0.255 e. The Hall–Kier alpha value is -3.15. The van der Waals surface area contributed by atoms with Gasteiger partial charge in [0, 0.05) is 44.6 Å². The first-order chi connectivity index (χ1) is 14.1. The molecule has 150 valence electrons. The van der Waals surface area contributed by atoms with Crippen molar-refractivity contribution in [2.75, 3.05) is 18.4 Å². The van der Waals surface area contributed by atoms with Crippen molar-refractivity contribution >= 4 is 11.7 Å². The Morgan fingerprint density at radius 3 is 2.66 bits per heavy atom. The number of hydrogen-bond donors (Lipinski definition) is 1. The van der Waals surface area contributed by atoms with E-state index in [-0.39, 0.29) is 5.91 Å². The average Bonchev–Trinajstić information content (AvgIpc) is 3.19. The van der Waals surface area contributed by atoms with Gasteiger partial charge >= 0.3 is 0 Å². The fourth-order valence-corrected chi connectivity index (χ4v) is 3.64. The molecule has 0 radical (unpaired) electrons. The summed E-state index contributed by atoms with van der Waals surface area (Å²) < 4.78 is 1.80. The van der Waals surface area contributed by atoms with Crippen molar-refractivity contribution in [3.05, 3.63) is 66.1 Å². The van der Waals surface area contributed by atoms with Crippen LogP contribution in [0.5, 0.6) is 0 Å². The molecular formula is C23H27N5O. The Balaban J connectivity index is 1.36. The highest BCUT2D eigenvalue weighted by atomic mass is 16.2. The third-order valence-corrected chi connectivity index (χ3v) is 5.52. The fraction of sp³-hybridized carbons (Fsp3) is 0.348. The molecule has 1 amide bonds. The van der Waals surface area contributed by atoms with Crippen LogP contribution >= 0.6 is 0 Å². The third-order valence-electron chi connectivity index (χ3n) is 5.52. The molecule has 1 fully saturated rings. The summed E-state index contributed by atoms with van der Waals surface area (Å²) in [6.45, 7) is 4.59. The van der Waals surface area contributed by atoms with Crippen LogP contribution in [0.4, 0.5) is 5.82 Å². The summed E-state index contributed by atoms with van der Waals surface area (Å²) in [5.41, 5.74) is 4.06. The number of nitrogens with one attached hydrogen (secondary N) is 1. The minimum absolute atomic E-state index is 0.0834. The van der Waals surface area contributed by atoms with Gasteiger partial charge in [0.15, 0.2) is 0 Å². The molecule has 0 aliphatic carbocycles. The van der Waals surface area contributed by atoms with Crippen LogP contribution in [-0.2, 0) is 13.6 Å². The lowest BCUT2D eigenvalue weighted by atomic mass is 9.99. The number of pyridine rings is 1. The van der Waals surface area contributed by atoms with Gasteiger partial charge in [0.25, 0.3) is 5.91 Å². The molecule has 0 bridgehead atoms. The standard InChI is InChI=1S/C23H27N5O/c1-17-8-10-28(11-9-17)23(29)20-6-7-22(25-14-20)24-13-18-4-3-5-19(12-18)21-15-26-27(2)16-21/h3-7,12,14-17H,8-11,13H2,1-2H3,(H,24,25). The first kappa shape index (κ1) is 19.2. The van der Waals surface area contributed by atoms with E-state index in [1.54, 1.807) is 10.9 Å². The van der Waals surface area contributed by atoms with Crippen LogP contribution < -0.4 is 5.32 Å². The summed E-state index contributed by atoms with van der Waals surface area (Å²) >= 11 is 0. The average molecular weight is 390 g/mol. The van der Waals surface area contributed by atoms with Crippen LogP contribution in [0.1, 0.15) is 35.7 Å². The summed E-state index contributed by atoms with van der Waals surface area (Å²) in [4.78, 5) is 19.0. The first-order valence-corrected chi connectivity index (χ1v) is 10.2. The van der Waals surface area contributed by atoms with Crippen molar-refractivity contribution in [3.63, 3.8) is 0 Å². The summed E-state index contributed by atoms with van der Waals surface area (Å²) in [6.07, 6.45) is 7.71. The van der Waals surface area contributed by atoms with Gasteiger partial charge in [-0.05, 0) is 48.1 Å². The van der Waals surface area contributed by atoms with E-state index in [2.05, 4.69) is 40.5 Å². The van der Waals surface area contributed by atoms with E-state index < -0.39 is 0 Å². The number of anilines is 1. The number of hydrogen-bond acceptors (Lipinski definition) is 4. The Bertz CT molecular complexity index is 971. The van der Waals surface area contributed by atoms with E-state index >= 15 is 0 Å². The number of piperidine rings is 1. The van der Waals surface area contributed by atoms with E-state index in [0.717, 1.165) is 48.4 Å². The quantitative estimate of drug-likeness (QED) is 0.717. The molecule has 1 aliphatic rings. The van der Waals surface area contributed by atoms with Crippen molar-refractivity contribution < 1.29 is 4.79 Å². The van der Waals surface area contributed by atoms with Crippen molar-refractivity contribution in [2.24, 2.45) is 13.0 Å². The van der Waals surface area contributed by atoms with Crippen LogP contribution in [-0.4, -0.2) is 38.7 Å². The maximum absolute atomic E-state index is 12.6. The number of aryl methyl sites for hydroxylation is 1. The van der Waals surface area contributed by atoms with Gasteiger partial charge in [0.1, 0.15) is 5.82 Å². The van der Waals surface area contributed by atoms with Gasteiger partial charge in [-0.25, -0.2) is 4.98 Å². The predicted octanol–water partition coefficient (Wildman–Crippen LogP) is 3.97. The molecule has 3 heterocycles. The van der Waals surface area contributed by atoms with Crippen LogP contribution in [0, 0.1) is 5.92 Å². The molecule has 1 aliphatic heterocycles. The van der Waals surface area contributed by atoms with Crippen molar-refractivity contribution in [2.45, 2.75) is 26.3 Å². The van der Waals surface area contributed by atoms with E-state index in [1.165, 1.54) is 0 Å². The lowest BCUT2D eigenvalue weighted by Gasteiger charge is -2.30. The largest absolute Gasteiger partial charge is 0.366 e. The number of aromatic nitrogens is 3. The Morgan fingerprint density at radius 2 is 1.97 bits per heavy atom. The second kappa shape index (κ2) is 8.47. The molecule has 1 N–H and O–H groups in total. The summed E-state index contributed by atoms with van der Waals surface area (Å²) in [6, 6.07) is 12.1. The van der Waals surface area contributed by atoms with Crippen molar-refractivity contribution in [3.8, 4) is 11.1 Å².